The van der Waals surface area contributed by atoms with Crippen molar-refractivity contribution in [1.82, 2.24) is 0 Å². The molecule has 2 heterocycles. The maximum Gasteiger partial charge on any atom is 0.245 e. The number of carbonyl (C=O) groups is 1. The van der Waals surface area contributed by atoms with Gasteiger partial charge in [-0.3, -0.25) is 4.79 Å². The molecule has 1 aliphatic heterocycles. The summed E-state index contributed by atoms with van der Waals surface area (Å²) in [5, 5.41) is 2.82. The molecule has 1 aromatic heterocycles. The number of nitrogens with two attached hydrogens (primary N) is 1. The molecule has 0 fully saturated rings. The Balaban J connectivity index is 1.94. The van der Waals surface area contributed by atoms with E-state index in [9.17, 15) is 4.79 Å². The fourth-order valence-electron chi connectivity index (χ4n) is 2.49. The van der Waals surface area contributed by atoms with Gasteiger partial charge in [-0.15, -0.1) is 0 Å². The van der Waals surface area contributed by atoms with E-state index in [1.807, 2.05) is 24.3 Å². The number of hydrogen-bond donors (Lipinski definition) is 2. The molecular formula is C15H16BrN3O2. The van der Waals surface area contributed by atoms with Crippen LogP contribution in [0.1, 0.15) is 24.3 Å². The van der Waals surface area contributed by atoms with E-state index in [4.69, 9.17) is 10.2 Å². The smallest absolute Gasteiger partial charge is 0.245 e. The number of amides is 1. The minimum atomic E-state index is -0.592. The van der Waals surface area contributed by atoms with Crippen LogP contribution < -0.4 is 16.0 Å². The highest BCUT2D eigenvalue weighted by Gasteiger charge is 2.28. The molecule has 1 amide bonds. The van der Waals surface area contributed by atoms with Crippen LogP contribution in [0.4, 0.5) is 11.4 Å². The number of nitrogens with one attached hydrogen (secondary N) is 1. The van der Waals surface area contributed by atoms with E-state index in [1.165, 1.54) is 0 Å². The number of furan rings is 1. The molecule has 3 rings (SSSR count). The van der Waals surface area contributed by atoms with Crippen LogP contribution in [0.2, 0.25) is 0 Å². The average molecular weight is 350 g/mol. The van der Waals surface area contributed by atoms with Crippen LogP contribution in [-0.4, -0.2) is 12.5 Å². The molecule has 1 aliphatic rings. The third kappa shape index (κ3) is 2.56. The molecule has 1 unspecified atom stereocenters. The Morgan fingerprint density at radius 1 is 1.48 bits per heavy atom. The molecule has 3 N–H and O–H groups in total. The fraction of sp³-hybridized carbons (Fsp3) is 0.267. The zero-order valence-corrected chi connectivity index (χ0v) is 13.2. The van der Waals surface area contributed by atoms with Crippen molar-refractivity contribution in [2.45, 2.75) is 19.5 Å². The lowest BCUT2D eigenvalue weighted by molar-refractivity contribution is -0.116. The third-order valence-electron chi connectivity index (χ3n) is 3.64. The molecule has 1 atom stereocenters. The van der Waals surface area contributed by atoms with Gasteiger partial charge >= 0.3 is 0 Å². The zero-order valence-electron chi connectivity index (χ0n) is 11.6. The third-order valence-corrected chi connectivity index (χ3v) is 4.28. The van der Waals surface area contributed by atoms with Gasteiger partial charge in [-0.2, -0.15) is 0 Å². The summed E-state index contributed by atoms with van der Waals surface area (Å²) in [5.74, 6) is 0.730. The second kappa shape index (κ2) is 5.54. The number of fused-ring (bicyclic) bond motifs is 1. The van der Waals surface area contributed by atoms with Crippen LogP contribution in [0, 0.1) is 0 Å². The van der Waals surface area contributed by atoms with Crippen LogP contribution in [0.15, 0.2) is 39.4 Å². The summed E-state index contributed by atoms with van der Waals surface area (Å²) >= 11 is 3.58. The second-order valence-electron chi connectivity index (χ2n) is 4.95. The van der Waals surface area contributed by atoms with Crippen molar-refractivity contribution >= 4 is 33.2 Å². The Bertz CT molecular complexity index is 670. The maximum absolute atomic E-state index is 11.7. The SMILES string of the molecule is CCN(Cc1ccco1)c1cc2c(cc1Br)C(N)C(=O)N2. The number of carbonyl (C=O) groups excluding carboxylic acids is 1. The summed E-state index contributed by atoms with van der Waals surface area (Å²) < 4.78 is 6.33. The molecule has 0 bridgehead atoms. The first-order valence-corrected chi connectivity index (χ1v) is 7.56. The largest absolute Gasteiger partial charge is 0.467 e. The zero-order chi connectivity index (χ0) is 15.0. The number of halogens is 1. The van der Waals surface area contributed by atoms with Gasteiger partial charge in [0.15, 0.2) is 0 Å². The fourth-order valence-corrected chi connectivity index (χ4v) is 3.11. The van der Waals surface area contributed by atoms with Crippen LogP contribution >= 0.6 is 15.9 Å². The van der Waals surface area contributed by atoms with Gasteiger partial charge < -0.3 is 20.4 Å². The molecule has 0 saturated carbocycles. The molecule has 5 nitrogen and oxygen atoms in total. The normalized spacial score (nSPS) is 16.7. The minimum Gasteiger partial charge on any atom is -0.467 e. The molecule has 21 heavy (non-hydrogen) atoms. The van der Waals surface area contributed by atoms with E-state index in [0.29, 0.717) is 6.54 Å². The second-order valence-corrected chi connectivity index (χ2v) is 5.81. The molecule has 6 heteroatoms. The van der Waals surface area contributed by atoms with E-state index >= 15 is 0 Å². The van der Waals surface area contributed by atoms with Crippen molar-refractivity contribution in [1.29, 1.82) is 0 Å². The van der Waals surface area contributed by atoms with Gasteiger partial charge in [-0.05, 0) is 47.1 Å². The van der Waals surface area contributed by atoms with E-state index in [-0.39, 0.29) is 5.91 Å². The molecular weight excluding hydrogens is 334 g/mol. The van der Waals surface area contributed by atoms with Crippen LogP contribution in [0.25, 0.3) is 0 Å². The number of rotatable bonds is 4. The Labute approximate surface area is 131 Å². The lowest BCUT2D eigenvalue weighted by Crippen LogP contribution is -2.22. The van der Waals surface area contributed by atoms with Gasteiger partial charge in [-0.25, -0.2) is 0 Å². The highest BCUT2D eigenvalue weighted by Crippen LogP contribution is 2.38. The van der Waals surface area contributed by atoms with Crippen molar-refractivity contribution < 1.29 is 9.21 Å². The molecule has 0 spiro atoms. The lowest BCUT2D eigenvalue weighted by atomic mass is 10.1. The summed E-state index contributed by atoms with van der Waals surface area (Å²) in [6, 6.07) is 7.10. The van der Waals surface area contributed by atoms with E-state index in [2.05, 4.69) is 33.1 Å². The summed E-state index contributed by atoms with van der Waals surface area (Å²) in [5.41, 5.74) is 8.47. The minimum absolute atomic E-state index is 0.164. The first-order chi connectivity index (χ1) is 10.1. The Kier molecular flexibility index (Phi) is 3.73. The van der Waals surface area contributed by atoms with E-state index in [0.717, 1.165) is 33.7 Å². The maximum atomic E-state index is 11.7. The van der Waals surface area contributed by atoms with Gasteiger partial charge in [0.1, 0.15) is 11.8 Å². The summed E-state index contributed by atoms with van der Waals surface area (Å²) in [7, 11) is 0. The molecule has 0 saturated heterocycles. The number of nitrogens with zero attached hydrogens (tertiary/aromatic N) is 1. The van der Waals surface area contributed by atoms with Crippen molar-refractivity contribution in [3.05, 3.63) is 46.3 Å². The predicted molar refractivity (Wildman–Crippen MR) is 85.1 cm³/mol. The number of anilines is 2. The van der Waals surface area contributed by atoms with Gasteiger partial charge in [0.25, 0.3) is 0 Å². The average Bonchev–Trinajstić information content (AvgIpc) is 3.06. The number of hydrogen-bond acceptors (Lipinski definition) is 4. The Morgan fingerprint density at radius 2 is 2.29 bits per heavy atom. The first kappa shape index (κ1) is 14.2. The monoisotopic (exact) mass is 349 g/mol. The Hall–Kier alpha value is -1.79. The van der Waals surface area contributed by atoms with Gasteiger partial charge in [0, 0.05) is 22.3 Å². The summed E-state index contributed by atoms with van der Waals surface area (Å²) in [6.45, 7) is 3.56. The number of benzene rings is 1. The van der Waals surface area contributed by atoms with Gasteiger partial charge in [-0.1, -0.05) is 0 Å². The summed E-state index contributed by atoms with van der Waals surface area (Å²) in [6.07, 6.45) is 1.67. The predicted octanol–water partition coefficient (Wildman–Crippen LogP) is 3.02. The van der Waals surface area contributed by atoms with Crippen LogP contribution in [0.5, 0.6) is 0 Å². The highest BCUT2D eigenvalue weighted by atomic mass is 79.9. The standard InChI is InChI=1S/C15H16BrN3O2/c1-2-19(8-9-4-3-5-21-9)13-7-12-10(6-11(13)16)14(17)15(20)18-12/h3-7,14H,2,8,17H2,1H3,(H,18,20). The first-order valence-electron chi connectivity index (χ1n) is 6.77. The van der Waals surface area contributed by atoms with Crippen molar-refractivity contribution in [3.8, 4) is 0 Å². The van der Waals surface area contributed by atoms with Crippen LogP contribution in [0.3, 0.4) is 0 Å². The van der Waals surface area contributed by atoms with Gasteiger partial charge in [0.2, 0.25) is 5.91 Å². The van der Waals surface area contributed by atoms with Crippen molar-refractivity contribution in [2.24, 2.45) is 5.73 Å². The molecule has 0 aliphatic carbocycles. The molecule has 1 aromatic carbocycles. The molecule has 110 valence electrons. The molecule has 2 aromatic rings. The quantitative estimate of drug-likeness (QED) is 0.889. The van der Waals surface area contributed by atoms with E-state index in [1.54, 1.807) is 6.26 Å². The topological polar surface area (TPSA) is 71.5 Å². The van der Waals surface area contributed by atoms with Crippen LogP contribution in [-0.2, 0) is 11.3 Å². The van der Waals surface area contributed by atoms with Crippen molar-refractivity contribution in [3.63, 3.8) is 0 Å². The van der Waals surface area contributed by atoms with E-state index < -0.39 is 6.04 Å². The lowest BCUT2D eigenvalue weighted by Gasteiger charge is -2.24. The van der Waals surface area contributed by atoms with Gasteiger partial charge in [0.05, 0.1) is 18.5 Å². The Morgan fingerprint density at radius 3 is 2.95 bits per heavy atom. The highest BCUT2D eigenvalue weighted by molar-refractivity contribution is 9.10. The summed E-state index contributed by atoms with van der Waals surface area (Å²) in [4.78, 5) is 13.8. The van der Waals surface area contributed by atoms with Crippen molar-refractivity contribution in [2.75, 3.05) is 16.8 Å². The molecule has 0 radical (unpaired) electrons.